The first-order valence-corrected chi connectivity index (χ1v) is 8.12. The van der Waals surface area contributed by atoms with E-state index in [1.54, 1.807) is 12.1 Å². The predicted octanol–water partition coefficient (Wildman–Crippen LogP) is 4.30. The van der Waals surface area contributed by atoms with Crippen LogP contribution in [0.25, 0.3) is 0 Å². The number of hydrogen-bond donors (Lipinski definition) is 1. The molecule has 0 heterocycles. The summed E-state index contributed by atoms with van der Waals surface area (Å²) in [6.07, 6.45) is -4.65. The van der Waals surface area contributed by atoms with Gasteiger partial charge in [-0.25, -0.2) is 8.42 Å². The molecular weight excluding hydrogens is 339 g/mol. The van der Waals surface area contributed by atoms with E-state index in [0.717, 1.165) is 12.1 Å². The van der Waals surface area contributed by atoms with E-state index in [0.29, 0.717) is 5.56 Å². The second-order valence-corrected chi connectivity index (χ2v) is 6.63. The number of alkyl halides is 3. The lowest BCUT2D eigenvalue weighted by Gasteiger charge is -2.14. The number of benzene rings is 2. The Morgan fingerprint density at radius 1 is 1.00 bits per heavy atom. The van der Waals surface area contributed by atoms with Gasteiger partial charge in [-0.15, -0.1) is 0 Å². The molecule has 22 heavy (non-hydrogen) atoms. The lowest BCUT2D eigenvalue weighted by Crippen LogP contribution is -2.18. The molecule has 1 N–H and O–H groups in total. The van der Waals surface area contributed by atoms with Crippen LogP contribution in [0.5, 0.6) is 0 Å². The van der Waals surface area contributed by atoms with Gasteiger partial charge in [-0.1, -0.05) is 41.9 Å². The first kappa shape index (κ1) is 16.6. The number of para-hydroxylation sites is 1. The normalized spacial score (nSPS) is 12.2. The monoisotopic (exact) mass is 349 g/mol. The van der Waals surface area contributed by atoms with Crippen molar-refractivity contribution in [1.82, 2.24) is 0 Å². The van der Waals surface area contributed by atoms with Crippen molar-refractivity contribution in [3.63, 3.8) is 0 Å². The maximum atomic E-state index is 12.9. The smallest absolute Gasteiger partial charge is 0.283 e. The molecule has 8 heteroatoms. The van der Waals surface area contributed by atoms with Crippen LogP contribution in [0.2, 0.25) is 5.02 Å². The summed E-state index contributed by atoms with van der Waals surface area (Å²) in [5.74, 6) is -0.515. The molecule has 0 unspecified atom stereocenters. The van der Waals surface area contributed by atoms with Crippen LogP contribution in [0.4, 0.5) is 18.9 Å². The van der Waals surface area contributed by atoms with Crippen molar-refractivity contribution < 1.29 is 21.6 Å². The van der Waals surface area contributed by atoms with Crippen molar-refractivity contribution in [3.05, 3.63) is 64.7 Å². The SMILES string of the molecule is O=S(=O)(Cc1ccccc1Cl)Nc1ccccc1C(F)(F)F. The van der Waals surface area contributed by atoms with Crippen LogP contribution in [0.15, 0.2) is 48.5 Å². The van der Waals surface area contributed by atoms with Gasteiger partial charge in [0.05, 0.1) is 17.0 Å². The van der Waals surface area contributed by atoms with E-state index in [-0.39, 0.29) is 5.02 Å². The van der Waals surface area contributed by atoms with Crippen molar-refractivity contribution >= 4 is 27.3 Å². The van der Waals surface area contributed by atoms with Crippen LogP contribution >= 0.6 is 11.6 Å². The average molecular weight is 350 g/mol. The minimum Gasteiger partial charge on any atom is -0.283 e. The third-order valence-corrected chi connectivity index (χ3v) is 4.39. The van der Waals surface area contributed by atoms with E-state index in [9.17, 15) is 21.6 Å². The van der Waals surface area contributed by atoms with Gasteiger partial charge in [0, 0.05) is 5.02 Å². The quantitative estimate of drug-likeness (QED) is 0.894. The molecule has 0 bridgehead atoms. The van der Waals surface area contributed by atoms with E-state index in [4.69, 9.17) is 11.6 Å². The number of halogens is 4. The fourth-order valence-electron chi connectivity index (χ4n) is 1.84. The Labute approximate surface area is 130 Å². The van der Waals surface area contributed by atoms with Crippen LogP contribution in [-0.4, -0.2) is 8.42 Å². The predicted molar refractivity (Wildman–Crippen MR) is 79.1 cm³/mol. The van der Waals surface area contributed by atoms with Gasteiger partial charge in [0.15, 0.2) is 0 Å². The number of sulfonamides is 1. The zero-order valence-electron chi connectivity index (χ0n) is 11.1. The Balaban J connectivity index is 2.29. The molecule has 0 aliphatic heterocycles. The molecule has 2 rings (SSSR count). The van der Waals surface area contributed by atoms with Crippen molar-refractivity contribution in [1.29, 1.82) is 0 Å². The van der Waals surface area contributed by atoms with Crippen LogP contribution in [0, 0.1) is 0 Å². The van der Waals surface area contributed by atoms with Gasteiger partial charge >= 0.3 is 6.18 Å². The number of anilines is 1. The standard InChI is InChI=1S/C14H11ClF3NO2S/c15-12-7-3-1-5-10(12)9-22(20,21)19-13-8-4-2-6-11(13)14(16,17)18/h1-8,19H,9H2. The first-order valence-electron chi connectivity index (χ1n) is 6.09. The maximum absolute atomic E-state index is 12.9. The lowest BCUT2D eigenvalue weighted by atomic mass is 10.2. The molecule has 0 aromatic heterocycles. The van der Waals surface area contributed by atoms with Crippen molar-refractivity contribution in [2.45, 2.75) is 11.9 Å². The molecule has 118 valence electrons. The summed E-state index contributed by atoms with van der Waals surface area (Å²) in [6.45, 7) is 0. The molecule has 2 aromatic rings. The largest absolute Gasteiger partial charge is 0.418 e. The average Bonchev–Trinajstić information content (AvgIpc) is 2.40. The van der Waals surface area contributed by atoms with Gasteiger partial charge in [0.1, 0.15) is 0 Å². The van der Waals surface area contributed by atoms with E-state index in [2.05, 4.69) is 0 Å². The third kappa shape index (κ3) is 4.14. The highest BCUT2D eigenvalue weighted by molar-refractivity contribution is 7.91. The zero-order valence-corrected chi connectivity index (χ0v) is 12.6. The molecule has 0 aliphatic carbocycles. The summed E-state index contributed by atoms with van der Waals surface area (Å²) < 4.78 is 64.7. The molecule has 2 aromatic carbocycles. The number of nitrogens with one attached hydrogen (secondary N) is 1. The highest BCUT2D eigenvalue weighted by Gasteiger charge is 2.34. The third-order valence-electron chi connectivity index (χ3n) is 2.80. The van der Waals surface area contributed by atoms with E-state index in [1.165, 1.54) is 24.3 Å². The molecule has 0 saturated heterocycles. The van der Waals surface area contributed by atoms with Crippen LogP contribution in [-0.2, 0) is 22.0 Å². The minimum absolute atomic E-state index is 0.233. The number of hydrogen-bond acceptors (Lipinski definition) is 2. The minimum atomic E-state index is -4.65. The van der Waals surface area contributed by atoms with Crippen LogP contribution in [0.3, 0.4) is 0 Å². The molecular formula is C14H11ClF3NO2S. The fraction of sp³-hybridized carbons (Fsp3) is 0.143. The molecule has 0 radical (unpaired) electrons. The highest BCUT2D eigenvalue weighted by Crippen LogP contribution is 2.35. The van der Waals surface area contributed by atoms with Crippen molar-refractivity contribution in [2.24, 2.45) is 0 Å². The van der Waals surface area contributed by atoms with Crippen LogP contribution in [0.1, 0.15) is 11.1 Å². The maximum Gasteiger partial charge on any atom is 0.418 e. The van der Waals surface area contributed by atoms with E-state index >= 15 is 0 Å². The molecule has 3 nitrogen and oxygen atoms in total. The molecule has 0 saturated carbocycles. The molecule has 0 atom stereocenters. The van der Waals surface area contributed by atoms with Gasteiger partial charge in [0.25, 0.3) is 0 Å². The Bertz CT molecular complexity index is 776. The fourth-order valence-corrected chi connectivity index (χ4v) is 3.37. The summed E-state index contributed by atoms with van der Waals surface area (Å²) in [6, 6.07) is 10.6. The molecule has 0 amide bonds. The Morgan fingerprint density at radius 3 is 2.23 bits per heavy atom. The van der Waals surface area contributed by atoms with Gasteiger partial charge in [0.2, 0.25) is 10.0 Å². The molecule has 0 spiro atoms. The summed E-state index contributed by atoms with van der Waals surface area (Å²) in [5, 5.41) is 0.233. The molecule has 0 aliphatic rings. The molecule has 0 fully saturated rings. The Hall–Kier alpha value is -1.73. The Morgan fingerprint density at radius 2 is 1.59 bits per heavy atom. The van der Waals surface area contributed by atoms with E-state index < -0.39 is 33.2 Å². The lowest BCUT2D eigenvalue weighted by molar-refractivity contribution is -0.136. The second-order valence-electron chi connectivity index (χ2n) is 4.50. The van der Waals surface area contributed by atoms with Gasteiger partial charge in [-0.05, 0) is 23.8 Å². The van der Waals surface area contributed by atoms with Gasteiger partial charge < -0.3 is 0 Å². The number of rotatable bonds is 4. The van der Waals surface area contributed by atoms with Gasteiger partial charge in [-0.2, -0.15) is 13.2 Å². The zero-order chi connectivity index (χ0) is 16.4. The van der Waals surface area contributed by atoms with Crippen molar-refractivity contribution in [2.75, 3.05) is 4.72 Å². The topological polar surface area (TPSA) is 46.2 Å². The summed E-state index contributed by atoms with van der Waals surface area (Å²) in [7, 11) is -4.03. The summed E-state index contributed by atoms with van der Waals surface area (Å²) >= 11 is 5.86. The van der Waals surface area contributed by atoms with Gasteiger partial charge in [-0.3, -0.25) is 4.72 Å². The van der Waals surface area contributed by atoms with Crippen LogP contribution < -0.4 is 4.72 Å². The van der Waals surface area contributed by atoms with E-state index in [1.807, 2.05) is 4.72 Å². The first-order chi connectivity index (χ1) is 10.2. The van der Waals surface area contributed by atoms with Crippen molar-refractivity contribution in [3.8, 4) is 0 Å². The summed E-state index contributed by atoms with van der Waals surface area (Å²) in [4.78, 5) is 0. The highest BCUT2D eigenvalue weighted by atomic mass is 35.5. The second kappa shape index (κ2) is 6.18. The summed E-state index contributed by atoms with van der Waals surface area (Å²) in [5.41, 5.74) is -1.25. The Kier molecular flexibility index (Phi) is 4.67.